The van der Waals surface area contributed by atoms with Crippen molar-refractivity contribution in [2.75, 3.05) is 13.1 Å². The molecule has 4 atom stereocenters. The van der Waals surface area contributed by atoms with Gasteiger partial charge < -0.3 is 10.2 Å². The standard InChI is InChI=1S/C14H24N2O/c1-3-14(2)8-12(14)13(17)16-10-4-5-11(16)9-15-7-6-10/h10-12,15H,3-9H2,1-2H3. The molecule has 2 heterocycles. The Labute approximate surface area is 104 Å². The first-order valence-electron chi connectivity index (χ1n) is 7.18. The van der Waals surface area contributed by atoms with Gasteiger partial charge in [-0.2, -0.15) is 0 Å². The lowest BCUT2D eigenvalue weighted by Crippen LogP contribution is -2.44. The van der Waals surface area contributed by atoms with E-state index in [2.05, 4.69) is 24.1 Å². The van der Waals surface area contributed by atoms with Crippen LogP contribution in [0.15, 0.2) is 0 Å². The maximum atomic E-state index is 12.6. The van der Waals surface area contributed by atoms with E-state index in [4.69, 9.17) is 0 Å². The van der Waals surface area contributed by atoms with Crippen LogP contribution in [-0.4, -0.2) is 36.0 Å². The van der Waals surface area contributed by atoms with Crippen LogP contribution >= 0.6 is 0 Å². The normalized spacial score (nSPS) is 44.6. The molecule has 3 fully saturated rings. The predicted molar refractivity (Wildman–Crippen MR) is 67.6 cm³/mol. The zero-order valence-corrected chi connectivity index (χ0v) is 11.0. The molecular weight excluding hydrogens is 212 g/mol. The van der Waals surface area contributed by atoms with E-state index in [1.165, 1.54) is 12.8 Å². The lowest BCUT2D eigenvalue weighted by atomic mass is 10.0. The number of carbonyl (C=O) groups excluding carboxylic acids is 1. The second-order valence-electron chi connectivity index (χ2n) is 6.39. The van der Waals surface area contributed by atoms with Crippen molar-refractivity contribution in [1.29, 1.82) is 0 Å². The maximum absolute atomic E-state index is 12.6. The minimum absolute atomic E-state index is 0.316. The summed E-state index contributed by atoms with van der Waals surface area (Å²) in [7, 11) is 0. The van der Waals surface area contributed by atoms with Gasteiger partial charge in [0.1, 0.15) is 0 Å². The van der Waals surface area contributed by atoms with Crippen LogP contribution < -0.4 is 5.32 Å². The first-order valence-corrected chi connectivity index (χ1v) is 7.18. The molecule has 1 N–H and O–H groups in total. The van der Waals surface area contributed by atoms with Crippen molar-refractivity contribution < 1.29 is 4.79 Å². The molecule has 2 bridgehead atoms. The summed E-state index contributed by atoms with van der Waals surface area (Å²) in [6, 6.07) is 1.01. The lowest BCUT2D eigenvalue weighted by Gasteiger charge is -2.28. The quantitative estimate of drug-likeness (QED) is 0.792. The summed E-state index contributed by atoms with van der Waals surface area (Å²) >= 11 is 0. The SMILES string of the molecule is CCC1(C)CC1C(=O)N1C2CCNCC1CC2. The Morgan fingerprint density at radius 3 is 2.82 bits per heavy atom. The molecule has 1 aliphatic carbocycles. The van der Waals surface area contributed by atoms with Crippen LogP contribution in [0.3, 0.4) is 0 Å². The fraction of sp³-hybridized carbons (Fsp3) is 0.929. The summed E-state index contributed by atoms with van der Waals surface area (Å²) in [6.45, 7) is 6.58. The van der Waals surface area contributed by atoms with Crippen molar-refractivity contribution in [2.24, 2.45) is 11.3 Å². The Hall–Kier alpha value is -0.570. The van der Waals surface area contributed by atoms with Gasteiger partial charge in [-0.15, -0.1) is 0 Å². The van der Waals surface area contributed by atoms with Crippen molar-refractivity contribution >= 4 is 5.91 Å². The second kappa shape index (κ2) is 3.98. The van der Waals surface area contributed by atoms with E-state index in [-0.39, 0.29) is 0 Å². The molecule has 1 amide bonds. The molecule has 2 saturated heterocycles. The molecule has 0 aromatic rings. The van der Waals surface area contributed by atoms with Crippen LogP contribution in [0.5, 0.6) is 0 Å². The fourth-order valence-corrected chi connectivity index (χ4v) is 3.71. The lowest BCUT2D eigenvalue weighted by molar-refractivity contribution is -0.136. The minimum Gasteiger partial charge on any atom is -0.335 e. The zero-order chi connectivity index (χ0) is 12.0. The van der Waals surface area contributed by atoms with Crippen LogP contribution in [0.2, 0.25) is 0 Å². The zero-order valence-electron chi connectivity index (χ0n) is 11.0. The number of nitrogens with zero attached hydrogens (tertiary/aromatic N) is 1. The highest BCUT2D eigenvalue weighted by atomic mass is 16.2. The molecule has 0 aromatic carbocycles. The van der Waals surface area contributed by atoms with E-state index in [0.717, 1.165) is 32.4 Å². The van der Waals surface area contributed by atoms with Gasteiger partial charge in [0, 0.05) is 24.5 Å². The molecule has 3 rings (SSSR count). The smallest absolute Gasteiger partial charge is 0.226 e. The average molecular weight is 236 g/mol. The molecule has 17 heavy (non-hydrogen) atoms. The average Bonchev–Trinajstić information content (AvgIpc) is 2.89. The molecule has 96 valence electrons. The van der Waals surface area contributed by atoms with E-state index in [1.54, 1.807) is 0 Å². The number of hydrogen-bond acceptors (Lipinski definition) is 2. The highest BCUT2D eigenvalue weighted by Gasteiger charge is 2.56. The maximum Gasteiger partial charge on any atom is 0.226 e. The Balaban J connectivity index is 1.74. The summed E-state index contributed by atoms with van der Waals surface area (Å²) < 4.78 is 0. The van der Waals surface area contributed by atoms with Gasteiger partial charge >= 0.3 is 0 Å². The Morgan fingerprint density at radius 1 is 1.35 bits per heavy atom. The van der Waals surface area contributed by atoms with Crippen molar-refractivity contribution in [3.63, 3.8) is 0 Å². The van der Waals surface area contributed by atoms with Crippen LogP contribution in [0.25, 0.3) is 0 Å². The molecule has 3 heteroatoms. The van der Waals surface area contributed by atoms with Crippen molar-refractivity contribution in [3.05, 3.63) is 0 Å². The van der Waals surface area contributed by atoms with Crippen LogP contribution in [0.1, 0.15) is 46.0 Å². The van der Waals surface area contributed by atoms with Crippen LogP contribution in [-0.2, 0) is 4.79 Å². The highest BCUT2D eigenvalue weighted by Crippen LogP contribution is 2.56. The van der Waals surface area contributed by atoms with E-state index in [9.17, 15) is 4.79 Å². The third-order valence-electron chi connectivity index (χ3n) is 5.37. The Bertz CT molecular complexity index is 316. The van der Waals surface area contributed by atoms with Gasteiger partial charge in [0.25, 0.3) is 0 Å². The van der Waals surface area contributed by atoms with Gasteiger partial charge in [0.15, 0.2) is 0 Å². The third kappa shape index (κ3) is 1.79. The number of nitrogens with one attached hydrogen (secondary N) is 1. The van der Waals surface area contributed by atoms with Gasteiger partial charge in [-0.1, -0.05) is 13.8 Å². The monoisotopic (exact) mass is 236 g/mol. The summed E-state index contributed by atoms with van der Waals surface area (Å²) in [5, 5.41) is 3.46. The Kier molecular flexibility index (Phi) is 2.69. The molecule has 1 saturated carbocycles. The van der Waals surface area contributed by atoms with E-state index in [1.807, 2.05) is 0 Å². The van der Waals surface area contributed by atoms with Crippen LogP contribution in [0, 0.1) is 11.3 Å². The number of fused-ring (bicyclic) bond motifs is 2. The summed E-state index contributed by atoms with van der Waals surface area (Å²) in [5.74, 6) is 0.791. The molecule has 0 radical (unpaired) electrons. The van der Waals surface area contributed by atoms with Gasteiger partial charge in [-0.05, 0) is 44.1 Å². The molecule has 3 aliphatic rings. The third-order valence-corrected chi connectivity index (χ3v) is 5.37. The molecule has 0 aromatic heterocycles. The summed E-state index contributed by atoms with van der Waals surface area (Å²) in [5.41, 5.74) is 0.316. The number of rotatable bonds is 2. The van der Waals surface area contributed by atoms with Crippen molar-refractivity contribution in [2.45, 2.75) is 58.0 Å². The second-order valence-corrected chi connectivity index (χ2v) is 6.39. The van der Waals surface area contributed by atoms with Gasteiger partial charge in [-0.3, -0.25) is 4.79 Å². The summed E-state index contributed by atoms with van der Waals surface area (Å²) in [6.07, 6.45) is 5.85. The minimum atomic E-state index is 0.316. The first-order chi connectivity index (χ1) is 8.15. The van der Waals surface area contributed by atoms with Crippen molar-refractivity contribution in [1.82, 2.24) is 10.2 Å². The number of amides is 1. The first kappa shape index (κ1) is 11.5. The van der Waals surface area contributed by atoms with Gasteiger partial charge in [0.2, 0.25) is 5.91 Å². The molecule has 0 spiro atoms. The molecular formula is C14H24N2O. The summed E-state index contributed by atoms with van der Waals surface area (Å²) in [4.78, 5) is 14.9. The Morgan fingerprint density at radius 2 is 2.12 bits per heavy atom. The van der Waals surface area contributed by atoms with Crippen molar-refractivity contribution in [3.8, 4) is 0 Å². The fourth-order valence-electron chi connectivity index (χ4n) is 3.71. The van der Waals surface area contributed by atoms with Gasteiger partial charge in [-0.25, -0.2) is 0 Å². The number of carbonyl (C=O) groups is 1. The topological polar surface area (TPSA) is 32.3 Å². The van der Waals surface area contributed by atoms with Gasteiger partial charge in [0.05, 0.1) is 0 Å². The highest BCUT2D eigenvalue weighted by molar-refractivity contribution is 5.83. The van der Waals surface area contributed by atoms with E-state index >= 15 is 0 Å². The number of hydrogen-bond donors (Lipinski definition) is 1. The largest absolute Gasteiger partial charge is 0.335 e. The molecule has 4 unspecified atom stereocenters. The molecule has 2 aliphatic heterocycles. The predicted octanol–water partition coefficient (Wildman–Crippen LogP) is 1.78. The van der Waals surface area contributed by atoms with E-state index < -0.39 is 0 Å². The van der Waals surface area contributed by atoms with E-state index in [0.29, 0.717) is 29.3 Å². The molecule has 3 nitrogen and oxygen atoms in total. The van der Waals surface area contributed by atoms with Crippen LogP contribution in [0.4, 0.5) is 0 Å².